The van der Waals surface area contributed by atoms with Crippen LogP contribution in [0.3, 0.4) is 0 Å². The third-order valence-corrected chi connectivity index (χ3v) is 3.31. The molecule has 0 aromatic heterocycles. The minimum Gasteiger partial charge on any atom is -0.359 e. The molecule has 4 heteroatoms. The Balaban J connectivity index is 1.87. The minimum absolute atomic E-state index is 0.0798. The first kappa shape index (κ1) is 9.53. The summed E-state index contributed by atoms with van der Waals surface area (Å²) in [7, 11) is 0. The van der Waals surface area contributed by atoms with Crippen LogP contribution >= 0.6 is 0 Å². The van der Waals surface area contributed by atoms with Gasteiger partial charge in [-0.3, -0.25) is 0 Å². The Morgan fingerprint density at radius 2 is 1.78 bits per heavy atom. The first-order valence-corrected chi connectivity index (χ1v) is 5.94. The van der Waals surface area contributed by atoms with Crippen molar-refractivity contribution in [1.82, 2.24) is 5.32 Å². The predicted octanol–water partition coefficient (Wildman–Crippen LogP) is 2.48. The number of fused-ring (bicyclic) bond motifs is 3. The van der Waals surface area contributed by atoms with E-state index in [1.807, 2.05) is 6.20 Å². The van der Waals surface area contributed by atoms with Crippen molar-refractivity contribution in [2.75, 3.05) is 10.6 Å². The highest BCUT2D eigenvalue weighted by Gasteiger charge is 2.22. The van der Waals surface area contributed by atoms with E-state index >= 15 is 0 Å². The number of hydrogen-bond acceptors (Lipinski definition) is 4. The lowest BCUT2D eigenvalue weighted by Crippen LogP contribution is -2.43. The van der Waals surface area contributed by atoms with Crippen LogP contribution in [0.1, 0.15) is 0 Å². The van der Waals surface area contributed by atoms with Gasteiger partial charge in [-0.1, -0.05) is 24.3 Å². The molecule has 1 atom stereocenters. The lowest BCUT2D eigenvalue weighted by atomic mass is 10.1. The second-order valence-corrected chi connectivity index (χ2v) is 4.48. The van der Waals surface area contributed by atoms with E-state index in [1.54, 1.807) is 6.34 Å². The molecule has 2 heterocycles. The first-order valence-electron chi connectivity index (χ1n) is 5.94. The van der Waals surface area contributed by atoms with Gasteiger partial charge in [0, 0.05) is 0 Å². The van der Waals surface area contributed by atoms with E-state index in [2.05, 4.69) is 57.3 Å². The second-order valence-electron chi connectivity index (χ2n) is 4.48. The van der Waals surface area contributed by atoms with Crippen LogP contribution in [0.2, 0.25) is 0 Å². The molecular weight excluding hydrogens is 224 g/mol. The van der Waals surface area contributed by atoms with Crippen molar-refractivity contribution in [3.63, 3.8) is 0 Å². The normalized spacial score (nSPS) is 20.0. The molecule has 0 bridgehead atoms. The van der Waals surface area contributed by atoms with Crippen LogP contribution in [0.5, 0.6) is 0 Å². The molecule has 0 saturated carbocycles. The molecule has 2 aromatic rings. The zero-order chi connectivity index (χ0) is 11.9. The molecule has 2 aliphatic rings. The van der Waals surface area contributed by atoms with Crippen molar-refractivity contribution in [2.45, 2.75) is 6.17 Å². The maximum absolute atomic E-state index is 4.10. The number of rotatable bonds is 0. The van der Waals surface area contributed by atoms with E-state index in [-0.39, 0.29) is 6.17 Å². The molecular formula is C14H12N4. The summed E-state index contributed by atoms with van der Waals surface area (Å²) in [5.74, 6) is 0. The molecule has 4 nitrogen and oxygen atoms in total. The highest BCUT2D eigenvalue weighted by Crippen LogP contribution is 2.33. The minimum atomic E-state index is 0.0798. The van der Waals surface area contributed by atoms with Crippen molar-refractivity contribution < 1.29 is 0 Å². The molecule has 0 fully saturated rings. The van der Waals surface area contributed by atoms with Gasteiger partial charge in [-0.2, -0.15) is 0 Å². The smallest absolute Gasteiger partial charge is 0.141 e. The van der Waals surface area contributed by atoms with Gasteiger partial charge in [0.2, 0.25) is 0 Å². The van der Waals surface area contributed by atoms with Crippen molar-refractivity contribution in [3.05, 3.63) is 48.3 Å². The summed E-state index contributed by atoms with van der Waals surface area (Å²) in [5, 5.41) is 12.5. The van der Waals surface area contributed by atoms with Crippen LogP contribution in [0.15, 0.2) is 53.3 Å². The van der Waals surface area contributed by atoms with Gasteiger partial charge in [-0.15, -0.1) is 0 Å². The molecule has 1 unspecified atom stereocenters. The van der Waals surface area contributed by atoms with Crippen molar-refractivity contribution in [2.24, 2.45) is 4.99 Å². The molecule has 2 aliphatic heterocycles. The highest BCUT2D eigenvalue weighted by molar-refractivity contribution is 5.93. The van der Waals surface area contributed by atoms with Gasteiger partial charge in [-0.25, -0.2) is 4.99 Å². The third-order valence-electron chi connectivity index (χ3n) is 3.31. The SMILES string of the molecule is C1=NC=C2Nc3cc4ccccc4cc3NC2N1. The maximum atomic E-state index is 4.10. The number of benzene rings is 2. The van der Waals surface area contributed by atoms with Gasteiger partial charge in [0.05, 0.1) is 29.6 Å². The van der Waals surface area contributed by atoms with E-state index < -0.39 is 0 Å². The van der Waals surface area contributed by atoms with Crippen molar-refractivity contribution in [3.8, 4) is 0 Å². The maximum Gasteiger partial charge on any atom is 0.141 e. The molecule has 0 amide bonds. The first-order chi connectivity index (χ1) is 8.90. The molecule has 4 rings (SSSR count). The summed E-state index contributed by atoms with van der Waals surface area (Å²) in [6.45, 7) is 0. The van der Waals surface area contributed by atoms with E-state index in [9.17, 15) is 0 Å². The van der Waals surface area contributed by atoms with Crippen LogP contribution < -0.4 is 16.0 Å². The molecule has 0 aliphatic carbocycles. The number of nitrogens with one attached hydrogen (secondary N) is 3. The van der Waals surface area contributed by atoms with Crippen molar-refractivity contribution in [1.29, 1.82) is 0 Å². The van der Waals surface area contributed by atoms with E-state index in [0.29, 0.717) is 0 Å². The van der Waals surface area contributed by atoms with Crippen LogP contribution in [-0.2, 0) is 0 Å². The lowest BCUT2D eigenvalue weighted by molar-refractivity contribution is 0.764. The predicted molar refractivity (Wildman–Crippen MR) is 74.7 cm³/mol. The van der Waals surface area contributed by atoms with Gasteiger partial charge in [0.1, 0.15) is 6.17 Å². The standard InChI is InChI=1S/C14H12N4/c1-2-4-10-6-12-11(5-9(10)3-1)17-13-7-15-8-16-14(13)18-12/h1-8,14,17-18H,(H,15,16). The van der Waals surface area contributed by atoms with Gasteiger partial charge in [-0.05, 0) is 22.9 Å². The van der Waals surface area contributed by atoms with Gasteiger partial charge >= 0.3 is 0 Å². The highest BCUT2D eigenvalue weighted by atomic mass is 15.2. The Labute approximate surface area is 104 Å². The Kier molecular flexibility index (Phi) is 1.85. The summed E-state index contributed by atoms with van der Waals surface area (Å²) in [4.78, 5) is 4.10. The summed E-state index contributed by atoms with van der Waals surface area (Å²) in [5.41, 5.74) is 3.24. The molecule has 0 radical (unpaired) electrons. The average molecular weight is 236 g/mol. The fraction of sp³-hybridized carbons (Fsp3) is 0.0714. The zero-order valence-corrected chi connectivity index (χ0v) is 9.64. The van der Waals surface area contributed by atoms with Gasteiger partial charge < -0.3 is 16.0 Å². The second kappa shape index (κ2) is 3.50. The fourth-order valence-corrected chi connectivity index (χ4v) is 2.40. The fourth-order valence-electron chi connectivity index (χ4n) is 2.40. The number of hydrogen-bond donors (Lipinski definition) is 3. The number of nitrogens with zero attached hydrogens (tertiary/aromatic N) is 1. The average Bonchev–Trinajstić information content (AvgIpc) is 2.42. The Morgan fingerprint density at radius 1 is 1.00 bits per heavy atom. The third kappa shape index (κ3) is 1.35. The van der Waals surface area contributed by atoms with Crippen LogP contribution in [0.25, 0.3) is 10.8 Å². The van der Waals surface area contributed by atoms with Crippen LogP contribution in [0.4, 0.5) is 11.4 Å². The Morgan fingerprint density at radius 3 is 2.61 bits per heavy atom. The summed E-state index contributed by atoms with van der Waals surface area (Å²) in [6.07, 6.45) is 3.62. The van der Waals surface area contributed by atoms with Crippen LogP contribution in [0, 0.1) is 0 Å². The molecule has 18 heavy (non-hydrogen) atoms. The monoisotopic (exact) mass is 236 g/mol. The van der Waals surface area contributed by atoms with Crippen molar-refractivity contribution >= 4 is 28.5 Å². The zero-order valence-electron chi connectivity index (χ0n) is 9.64. The Bertz CT molecular complexity index is 687. The Hall–Kier alpha value is -2.49. The van der Waals surface area contributed by atoms with Crippen LogP contribution in [-0.4, -0.2) is 12.5 Å². The van der Waals surface area contributed by atoms with E-state index in [1.165, 1.54) is 10.8 Å². The largest absolute Gasteiger partial charge is 0.359 e. The number of anilines is 2. The number of aliphatic imine (C=N–C) groups is 1. The molecule has 2 aromatic carbocycles. The lowest BCUT2D eigenvalue weighted by Gasteiger charge is -2.32. The summed E-state index contributed by atoms with van der Waals surface area (Å²) >= 11 is 0. The molecule has 0 saturated heterocycles. The van der Waals surface area contributed by atoms with Gasteiger partial charge in [0.25, 0.3) is 0 Å². The molecule has 88 valence electrons. The quantitative estimate of drug-likeness (QED) is 0.658. The van der Waals surface area contributed by atoms with E-state index in [4.69, 9.17) is 0 Å². The molecule has 0 spiro atoms. The van der Waals surface area contributed by atoms with Gasteiger partial charge in [0.15, 0.2) is 0 Å². The molecule has 3 N–H and O–H groups in total. The van der Waals surface area contributed by atoms with E-state index in [0.717, 1.165) is 17.1 Å². The topological polar surface area (TPSA) is 48.5 Å². The summed E-state index contributed by atoms with van der Waals surface area (Å²) < 4.78 is 0. The summed E-state index contributed by atoms with van der Waals surface area (Å²) in [6, 6.07) is 12.7.